The maximum Gasteiger partial charge on any atom is 0.0897 e. The van der Waals surface area contributed by atoms with Crippen molar-refractivity contribution in [2.24, 2.45) is 17.3 Å². The second-order valence-electron chi connectivity index (χ2n) is 16.5. The van der Waals surface area contributed by atoms with E-state index in [9.17, 15) is 76.6 Å². The molecule has 0 heterocycles. The fraction of sp³-hybridized carbons (Fsp3) is 1.00. The zero-order chi connectivity index (χ0) is 45.1. The molecule has 23 nitrogen and oxygen atoms in total. The van der Waals surface area contributed by atoms with Crippen LogP contribution in [-0.2, 0) is 18.9 Å². The third-order valence-electron chi connectivity index (χ3n) is 11.2. The van der Waals surface area contributed by atoms with Gasteiger partial charge in [0.2, 0.25) is 0 Å². The lowest BCUT2D eigenvalue weighted by molar-refractivity contribution is -0.131. The molecule has 0 radical (unpaired) electrons. The Labute approximate surface area is 351 Å². The molecule has 1 saturated carbocycles. The van der Waals surface area contributed by atoms with Gasteiger partial charge in [0.25, 0.3) is 0 Å². The van der Waals surface area contributed by atoms with Gasteiger partial charge in [-0.2, -0.15) is 0 Å². The van der Waals surface area contributed by atoms with Crippen LogP contribution in [0.25, 0.3) is 0 Å². The van der Waals surface area contributed by atoms with Gasteiger partial charge in [0.05, 0.1) is 178 Å². The Bertz CT molecular complexity index is 933. The van der Waals surface area contributed by atoms with Gasteiger partial charge in [0.1, 0.15) is 0 Å². The molecule has 1 fully saturated rings. The number of hydrogen-bond donors (Lipinski definition) is 19. The Hall–Kier alpha value is -0.920. The Morgan fingerprint density at radius 3 is 0.867 bits per heavy atom. The number of ether oxygens (including phenoxy) is 4. The predicted molar refractivity (Wildman–Crippen MR) is 213 cm³/mol. The highest BCUT2D eigenvalue weighted by molar-refractivity contribution is 4.91. The summed E-state index contributed by atoms with van der Waals surface area (Å²) in [5, 5.41) is 160. The number of aliphatic hydroxyl groups excluding tert-OH is 15. The summed E-state index contributed by atoms with van der Waals surface area (Å²) in [5.41, 5.74) is -6.92. The van der Waals surface area contributed by atoms with Crippen LogP contribution in [0.15, 0.2) is 0 Å². The number of β-amino-alcohol motifs (C(OH)–C–C–N with tert-alkyl or cyclic N) is 3. The predicted octanol–water partition coefficient (Wildman–Crippen LogP) is -9.24. The molecule has 1 aliphatic rings. The average Bonchev–Trinajstić information content (AvgIpc) is 3.25. The molecule has 0 bridgehead atoms. The number of aliphatic hydroxyl groups is 15. The van der Waals surface area contributed by atoms with Gasteiger partial charge in [0.15, 0.2) is 0 Å². The number of hydrogen-bond acceptors (Lipinski definition) is 23. The van der Waals surface area contributed by atoms with Crippen molar-refractivity contribution in [1.29, 1.82) is 0 Å². The molecule has 19 N–H and O–H groups in total. The van der Waals surface area contributed by atoms with Crippen LogP contribution in [0.5, 0.6) is 0 Å². The van der Waals surface area contributed by atoms with E-state index in [-0.39, 0.29) is 90.9 Å². The van der Waals surface area contributed by atoms with Gasteiger partial charge in [-0.15, -0.1) is 0 Å². The number of nitrogens with one attached hydrogen (secondary N) is 4. The summed E-state index contributed by atoms with van der Waals surface area (Å²) >= 11 is 0. The first-order chi connectivity index (χ1) is 28.7. The molecule has 0 aliphatic heterocycles. The SMILES string of the molecule is OCC(CO)(CO)NCC(O)COCC(COCC(O)CNC(CO)(CO)CO)(COCC(O)CNC(CO)(CO)CO)COCC(CNC(CO)(CO)CO)C1CCC1. The quantitative estimate of drug-likeness (QED) is 0.0271. The number of rotatable bonds is 41. The average molecular weight is 883 g/mol. The van der Waals surface area contributed by atoms with Crippen molar-refractivity contribution in [1.82, 2.24) is 21.3 Å². The summed E-state index contributed by atoms with van der Waals surface area (Å²) in [6.07, 6.45) is -0.804. The van der Waals surface area contributed by atoms with Crippen molar-refractivity contribution in [2.45, 2.75) is 59.7 Å². The molecule has 0 aromatic carbocycles. The molecule has 60 heavy (non-hydrogen) atoms. The van der Waals surface area contributed by atoms with E-state index in [0.717, 1.165) is 19.3 Å². The minimum absolute atomic E-state index is 0.119. The van der Waals surface area contributed by atoms with Crippen LogP contribution < -0.4 is 21.3 Å². The first-order valence-corrected chi connectivity index (χ1v) is 20.4. The Morgan fingerprint density at radius 1 is 0.383 bits per heavy atom. The summed E-state index contributed by atoms with van der Waals surface area (Å²) in [5.74, 6) is 0.102. The first-order valence-electron chi connectivity index (χ1n) is 20.4. The maximum atomic E-state index is 10.7. The Balaban J connectivity index is 3.31. The maximum absolute atomic E-state index is 10.7. The Morgan fingerprint density at radius 2 is 0.633 bits per heavy atom. The normalized spacial score (nSPS) is 17.6. The van der Waals surface area contributed by atoms with Gasteiger partial charge < -0.3 is 117 Å². The van der Waals surface area contributed by atoms with Gasteiger partial charge in [-0.1, -0.05) is 19.3 Å². The largest absolute Gasteiger partial charge is 0.394 e. The molecule has 360 valence electrons. The van der Waals surface area contributed by atoms with Crippen molar-refractivity contribution in [3.05, 3.63) is 0 Å². The fourth-order valence-corrected chi connectivity index (χ4v) is 5.98. The van der Waals surface area contributed by atoms with E-state index < -0.39 is 125 Å². The molecule has 1 aliphatic carbocycles. The van der Waals surface area contributed by atoms with Crippen molar-refractivity contribution in [3.8, 4) is 0 Å². The van der Waals surface area contributed by atoms with Crippen molar-refractivity contribution >= 4 is 0 Å². The van der Waals surface area contributed by atoms with Crippen molar-refractivity contribution < 1.29 is 95.5 Å². The summed E-state index contributed by atoms with van der Waals surface area (Å²) in [7, 11) is 0. The second kappa shape index (κ2) is 30.3. The minimum Gasteiger partial charge on any atom is -0.394 e. The van der Waals surface area contributed by atoms with E-state index in [1.54, 1.807) is 0 Å². The molecule has 0 saturated heterocycles. The van der Waals surface area contributed by atoms with Gasteiger partial charge in [-0.05, 0) is 11.8 Å². The van der Waals surface area contributed by atoms with Crippen LogP contribution in [0.4, 0.5) is 0 Å². The van der Waals surface area contributed by atoms with E-state index in [4.69, 9.17) is 18.9 Å². The van der Waals surface area contributed by atoms with Gasteiger partial charge in [-0.3, -0.25) is 0 Å². The van der Waals surface area contributed by atoms with E-state index in [1.165, 1.54) is 0 Å². The summed E-state index contributed by atoms with van der Waals surface area (Å²) < 4.78 is 24.2. The van der Waals surface area contributed by atoms with Gasteiger partial charge in [-0.25, -0.2) is 0 Å². The second-order valence-corrected chi connectivity index (χ2v) is 16.5. The first kappa shape index (κ1) is 57.1. The van der Waals surface area contributed by atoms with Gasteiger partial charge in [0, 0.05) is 26.2 Å². The molecule has 1 rings (SSSR count). The van der Waals surface area contributed by atoms with Gasteiger partial charge >= 0.3 is 0 Å². The standard InChI is InChI=1S/C37H78N4O19/c42-12-34(13-43,14-44)38-4-29(28-2-1-3-28)8-57-24-33(25-58-9-30(54)5-39-35(15-45,16-46)17-47,26-59-10-31(55)6-40-36(18-48,19-49)20-50)27-60-11-32(56)7-41-37(21-51,22-52)23-53/h28-32,38-56H,1-27H2. The lowest BCUT2D eigenvalue weighted by atomic mass is 9.76. The van der Waals surface area contributed by atoms with Crippen molar-refractivity contribution in [3.63, 3.8) is 0 Å². The van der Waals surface area contributed by atoms with Crippen LogP contribution >= 0.6 is 0 Å². The fourth-order valence-electron chi connectivity index (χ4n) is 5.98. The summed E-state index contributed by atoms with van der Waals surface area (Å²) in [4.78, 5) is 0. The molecular formula is C37H78N4O19. The monoisotopic (exact) mass is 883 g/mol. The minimum atomic E-state index is -1.46. The van der Waals surface area contributed by atoms with E-state index in [0.29, 0.717) is 0 Å². The molecule has 0 spiro atoms. The summed E-state index contributed by atoms with van der Waals surface area (Å²) in [6.45, 7) is -8.92. The van der Waals surface area contributed by atoms with E-state index >= 15 is 0 Å². The highest BCUT2D eigenvalue weighted by Gasteiger charge is 2.37. The molecular weight excluding hydrogens is 804 g/mol. The van der Waals surface area contributed by atoms with Crippen LogP contribution in [0.1, 0.15) is 19.3 Å². The lowest BCUT2D eigenvalue weighted by Crippen LogP contribution is -2.57. The van der Waals surface area contributed by atoms with Crippen molar-refractivity contribution in [2.75, 3.05) is 158 Å². The topological polar surface area (TPSA) is 388 Å². The molecule has 0 aromatic rings. The molecule has 0 aromatic heterocycles. The highest BCUT2D eigenvalue weighted by Crippen LogP contribution is 2.34. The van der Waals surface area contributed by atoms with Crippen LogP contribution in [-0.4, -0.2) is 275 Å². The third-order valence-corrected chi connectivity index (χ3v) is 11.2. The third kappa shape index (κ3) is 19.0. The van der Waals surface area contributed by atoms with E-state index in [1.807, 2.05) is 0 Å². The Kier molecular flexibility index (Phi) is 28.8. The van der Waals surface area contributed by atoms with Crippen LogP contribution in [0.3, 0.4) is 0 Å². The zero-order valence-corrected chi connectivity index (χ0v) is 34.8. The van der Waals surface area contributed by atoms with Crippen LogP contribution in [0.2, 0.25) is 0 Å². The zero-order valence-electron chi connectivity index (χ0n) is 34.8. The summed E-state index contributed by atoms with van der Waals surface area (Å²) in [6, 6.07) is 0. The van der Waals surface area contributed by atoms with E-state index in [2.05, 4.69) is 21.3 Å². The molecule has 4 atom stereocenters. The molecule has 4 unspecified atom stereocenters. The molecule has 23 heteroatoms. The highest BCUT2D eigenvalue weighted by atomic mass is 16.5. The lowest BCUT2D eigenvalue weighted by Gasteiger charge is -2.38. The van der Waals surface area contributed by atoms with Crippen LogP contribution in [0, 0.1) is 17.3 Å². The molecule has 0 amide bonds. The smallest absolute Gasteiger partial charge is 0.0897 e.